The van der Waals surface area contributed by atoms with Crippen molar-refractivity contribution in [3.8, 4) is 0 Å². The lowest BCUT2D eigenvalue weighted by atomic mass is 10.1. The molecule has 2 rings (SSSR count). The highest BCUT2D eigenvalue weighted by atomic mass is 32.2. The third-order valence-electron chi connectivity index (χ3n) is 4.21. The third kappa shape index (κ3) is 4.21. The molecule has 25 heavy (non-hydrogen) atoms. The number of carbonyl (C=O) groups is 2. The van der Waals surface area contributed by atoms with Crippen molar-refractivity contribution in [1.82, 2.24) is 10.2 Å². The van der Waals surface area contributed by atoms with E-state index in [2.05, 4.69) is 10.1 Å². The van der Waals surface area contributed by atoms with Crippen LogP contribution >= 0.6 is 11.8 Å². The van der Waals surface area contributed by atoms with Gasteiger partial charge < -0.3 is 20.1 Å². The van der Waals surface area contributed by atoms with Gasteiger partial charge in [0.15, 0.2) is 11.6 Å². The van der Waals surface area contributed by atoms with Gasteiger partial charge in [-0.05, 0) is 12.5 Å². The molecule has 6 nitrogen and oxygen atoms in total. The van der Waals surface area contributed by atoms with Crippen molar-refractivity contribution in [2.24, 2.45) is 0 Å². The molecule has 1 fully saturated rings. The van der Waals surface area contributed by atoms with Crippen LogP contribution < -0.4 is 5.32 Å². The van der Waals surface area contributed by atoms with E-state index in [1.807, 2.05) is 0 Å². The van der Waals surface area contributed by atoms with E-state index >= 15 is 0 Å². The van der Waals surface area contributed by atoms with Crippen molar-refractivity contribution in [2.75, 3.05) is 20.8 Å². The maximum atomic E-state index is 13.6. The number of hydrogen-bond acceptors (Lipinski definition) is 5. The molecule has 0 saturated carbocycles. The molecule has 1 saturated heterocycles. The average Bonchev–Trinajstić information content (AvgIpc) is 3.34. The summed E-state index contributed by atoms with van der Waals surface area (Å²) in [5, 5.41) is 11.7. The minimum atomic E-state index is -1.00. The van der Waals surface area contributed by atoms with Crippen LogP contribution in [0.1, 0.15) is 18.4 Å². The van der Waals surface area contributed by atoms with Gasteiger partial charge in [0.2, 0.25) is 0 Å². The Labute approximate surface area is 148 Å². The van der Waals surface area contributed by atoms with Gasteiger partial charge in [-0.3, -0.25) is 4.79 Å². The van der Waals surface area contributed by atoms with Crippen LogP contribution in [0.15, 0.2) is 18.2 Å². The number of hydrogen-bond donors (Lipinski definition) is 2. The fourth-order valence-corrected chi connectivity index (χ4v) is 3.92. The van der Waals surface area contributed by atoms with Crippen LogP contribution in [0.5, 0.6) is 0 Å². The summed E-state index contributed by atoms with van der Waals surface area (Å²) in [6.45, 7) is -0.309. The molecule has 0 spiro atoms. The first-order chi connectivity index (χ1) is 11.9. The summed E-state index contributed by atoms with van der Waals surface area (Å²) in [6.07, 6.45) is 0.434. The number of urea groups is 1. The van der Waals surface area contributed by atoms with Gasteiger partial charge in [-0.2, -0.15) is 0 Å². The molecule has 1 aliphatic rings. The number of esters is 1. The highest BCUT2D eigenvalue weighted by Crippen LogP contribution is 2.58. The maximum absolute atomic E-state index is 13.6. The molecule has 2 amide bonds. The Morgan fingerprint density at radius 1 is 1.44 bits per heavy atom. The Balaban J connectivity index is 1.99. The Bertz CT molecular complexity index is 661. The predicted molar refractivity (Wildman–Crippen MR) is 88.8 cm³/mol. The van der Waals surface area contributed by atoms with Crippen LogP contribution in [0.3, 0.4) is 0 Å². The number of amides is 2. The average molecular weight is 374 g/mol. The molecule has 2 atom stereocenters. The monoisotopic (exact) mass is 374 g/mol. The van der Waals surface area contributed by atoms with Gasteiger partial charge >= 0.3 is 12.0 Å². The topological polar surface area (TPSA) is 78.9 Å². The summed E-state index contributed by atoms with van der Waals surface area (Å²) in [7, 11) is 2.82. The number of rotatable bonds is 7. The number of nitrogens with zero attached hydrogens (tertiary/aromatic N) is 1. The number of carbonyl (C=O) groups excluding carboxylic acids is 2. The molecule has 1 aromatic rings. The highest BCUT2D eigenvalue weighted by Gasteiger charge is 2.59. The largest absolute Gasteiger partial charge is 0.469 e. The first-order valence-electron chi connectivity index (χ1n) is 7.65. The van der Waals surface area contributed by atoms with E-state index in [-0.39, 0.29) is 30.4 Å². The number of benzene rings is 1. The summed E-state index contributed by atoms with van der Waals surface area (Å²) in [5.41, 5.74) is 0.0347. The fourth-order valence-electron chi connectivity index (χ4n) is 2.60. The first-order valence-corrected chi connectivity index (χ1v) is 8.53. The van der Waals surface area contributed by atoms with Gasteiger partial charge in [0, 0.05) is 25.6 Å². The summed E-state index contributed by atoms with van der Waals surface area (Å²) in [5.74, 6) is -2.38. The number of halogens is 2. The van der Waals surface area contributed by atoms with Crippen LogP contribution in [0, 0.1) is 11.6 Å². The van der Waals surface area contributed by atoms with E-state index in [0.717, 1.165) is 6.07 Å². The predicted octanol–water partition coefficient (Wildman–Crippen LogP) is 1.86. The normalized spacial score (nSPS) is 21.6. The fraction of sp³-hybridized carbons (Fsp3) is 0.500. The summed E-state index contributed by atoms with van der Waals surface area (Å²) in [4.78, 5) is 24.4. The first kappa shape index (κ1) is 19.5. The number of aliphatic hydroxyl groups excluding tert-OH is 1. The molecule has 1 aliphatic heterocycles. The quantitative estimate of drug-likeness (QED) is 0.563. The van der Waals surface area contributed by atoms with E-state index in [4.69, 9.17) is 0 Å². The maximum Gasteiger partial charge on any atom is 0.318 e. The zero-order valence-electron chi connectivity index (χ0n) is 13.9. The van der Waals surface area contributed by atoms with Crippen molar-refractivity contribution in [3.05, 3.63) is 35.4 Å². The van der Waals surface area contributed by atoms with Gasteiger partial charge in [0.1, 0.15) is 4.87 Å². The molecule has 138 valence electrons. The van der Waals surface area contributed by atoms with Crippen molar-refractivity contribution in [3.63, 3.8) is 0 Å². The Morgan fingerprint density at radius 2 is 2.16 bits per heavy atom. The minimum absolute atomic E-state index is 0.0347. The highest BCUT2D eigenvalue weighted by molar-refractivity contribution is 8.08. The lowest BCUT2D eigenvalue weighted by molar-refractivity contribution is -0.141. The number of aliphatic hydroxyl groups is 1. The van der Waals surface area contributed by atoms with E-state index in [0.29, 0.717) is 6.42 Å². The molecule has 1 heterocycles. The molecule has 1 aromatic carbocycles. The van der Waals surface area contributed by atoms with Crippen molar-refractivity contribution >= 4 is 23.8 Å². The van der Waals surface area contributed by atoms with E-state index < -0.39 is 28.5 Å². The van der Waals surface area contributed by atoms with Crippen LogP contribution in [-0.2, 0) is 16.1 Å². The Kier molecular flexibility index (Phi) is 6.23. The zero-order chi connectivity index (χ0) is 18.6. The number of nitrogens with one attached hydrogen (secondary N) is 1. The van der Waals surface area contributed by atoms with Crippen LogP contribution in [-0.4, -0.2) is 52.9 Å². The lowest BCUT2D eigenvalue weighted by Crippen LogP contribution is -2.47. The van der Waals surface area contributed by atoms with E-state index in [1.54, 1.807) is 0 Å². The van der Waals surface area contributed by atoms with Crippen molar-refractivity contribution < 1.29 is 28.2 Å². The standard InChI is InChI=1S/C16H20F2N2O4S/c1-20(16(12(9-21)25-16)7-6-13(22)24-2)15(23)19-8-10-4-3-5-11(17)14(10)18/h3-5,12,21H,6-9H2,1-2H3,(H,19,23)/t12?,16-/m0/s1. The SMILES string of the molecule is COC(=O)CC[C@]1(N(C)C(=O)NCc2cccc(F)c2F)SC1CO. The molecule has 2 N–H and O–H groups in total. The smallest absolute Gasteiger partial charge is 0.318 e. The molecular formula is C16H20F2N2O4S. The molecule has 0 aromatic heterocycles. The van der Waals surface area contributed by atoms with Gasteiger partial charge in [-0.15, -0.1) is 11.8 Å². The summed E-state index contributed by atoms with van der Waals surface area (Å²) < 4.78 is 31.4. The van der Waals surface area contributed by atoms with Crippen LogP contribution in [0.25, 0.3) is 0 Å². The van der Waals surface area contributed by atoms with Crippen LogP contribution in [0.4, 0.5) is 13.6 Å². The summed E-state index contributed by atoms with van der Waals surface area (Å²) >= 11 is 1.37. The summed E-state index contributed by atoms with van der Waals surface area (Å²) in [6, 6.07) is 3.24. The number of thioether (sulfide) groups is 1. The van der Waals surface area contributed by atoms with Crippen molar-refractivity contribution in [1.29, 1.82) is 0 Å². The van der Waals surface area contributed by atoms with Gasteiger partial charge in [0.05, 0.1) is 19.0 Å². The van der Waals surface area contributed by atoms with E-state index in [1.165, 1.54) is 43.0 Å². The van der Waals surface area contributed by atoms with Gasteiger partial charge in [-0.25, -0.2) is 13.6 Å². The molecule has 9 heteroatoms. The Hall–Kier alpha value is -1.87. The molecular weight excluding hydrogens is 354 g/mol. The minimum Gasteiger partial charge on any atom is -0.469 e. The molecule has 0 aliphatic carbocycles. The molecule has 0 radical (unpaired) electrons. The second-order valence-electron chi connectivity index (χ2n) is 5.64. The number of ether oxygens (including phenoxy) is 1. The number of methoxy groups -OCH3 is 1. The lowest BCUT2D eigenvalue weighted by Gasteiger charge is -2.28. The zero-order valence-corrected chi connectivity index (χ0v) is 14.7. The molecule has 1 unspecified atom stereocenters. The van der Waals surface area contributed by atoms with Crippen molar-refractivity contribution in [2.45, 2.75) is 29.5 Å². The third-order valence-corrected chi connectivity index (χ3v) is 5.95. The Morgan fingerprint density at radius 3 is 2.76 bits per heavy atom. The second kappa shape index (κ2) is 8.01. The van der Waals surface area contributed by atoms with E-state index in [9.17, 15) is 23.5 Å². The molecule has 0 bridgehead atoms. The van der Waals surface area contributed by atoms with Gasteiger partial charge in [0.25, 0.3) is 0 Å². The van der Waals surface area contributed by atoms with Crippen LogP contribution in [0.2, 0.25) is 0 Å². The van der Waals surface area contributed by atoms with Gasteiger partial charge in [-0.1, -0.05) is 12.1 Å². The second-order valence-corrected chi connectivity index (χ2v) is 7.15.